The minimum atomic E-state index is -1.02. The summed E-state index contributed by atoms with van der Waals surface area (Å²) in [5.41, 5.74) is 6.15. The van der Waals surface area contributed by atoms with Crippen molar-refractivity contribution in [3.63, 3.8) is 0 Å². The maximum absolute atomic E-state index is 11.9. The number of hydrogen-bond acceptors (Lipinski definition) is 3. The molecule has 0 saturated carbocycles. The fraction of sp³-hybridized carbons (Fsp3) is 0.385. The molecule has 3 N–H and O–H groups in total. The van der Waals surface area contributed by atoms with Crippen molar-refractivity contribution in [1.82, 2.24) is 4.90 Å². The zero-order valence-corrected chi connectivity index (χ0v) is 11.8. The van der Waals surface area contributed by atoms with Crippen LogP contribution in [0, 0.1) is 5.92 Å². The first-order chi connectivity index (χ1) is 9.02. The lowest BCUT2D eigenvalue weighted by Gasteiger charge is -2.25. The molecule has 2 atom stereocenters. The lowest BCUT2D eigenvalue weighted by molar-refractivity contribution is -0.148. The number of nitrogens with zero attached hydrogens (tertiary/aromatic N) is 1. The summed E-state index contributed by atoms with van der Waals surface area (Å²) in [5, 5.41) is 9.41. The molecule has 0 radical (unpaired) electrons. The van der Waals surface area contributed by atoms with Crippen LogP contribution in [-0.2, 0) is 9.59 Å². The van der Waals surface area contributed by atoms with Gasteiger partial charge in [0.1, 0.15) is 0 Å². The molecule has 0 aliphatic carbocycles. The molecule has 5 nitrogen and oxygen atoms in total. The number of likely N-dealkylation sites (tertiary alicyclic amines) is 1. The number of carboxylic acid groups (broad SMARTS) is 1. The first-order valence-corrected chi connectivity index (χ1v) is 6.80. The summed E-state index contributed by atoms with van der Waals surface area (Å²) in [6, 6.07) is 6.07. The van der Waals surface area contributed by atoms with E-state index in [1.54, 1.807) is 18.2 Å². The van der Waals surface area contributed by atoms with Crippen LogP contribution in [0.2, 0.25) is 0 Å². The third-order valence-corrected chi connectivity index (χ3v) is 3.78. The van der Waals surface area contributed by atoms with Crippen molar-refractivity contribution in [1.29, 1.82) is 0 Å². The van der Waals surface area contributed by atoms with Gasteiger partial charge in [0.05, 0.1) is 0 Å². The number of rotatable bonds is 4. The van der Waals surface area contributed by atoms with Crippen molar-refractivity contribution in [3.8, 4) is 0 Å². The van der Waals surface area contributed by atoms with Crippen LogP contribution in [0.4, 0.5) is 0 Å². The monoisotopic (exact) mass is 326 g/mol. The molecule has 1 aromatic carbocycles. The first-order valence-electron chi connectivity index (χ1n) is 6.00. The molecule has 0 bridgehead atoms. The summed E-state index contributed by atoms with van der Waals surface area (Å²) >= 11 is 3.31. The second-order valence-electron chi connectivity index (χ2n) is 4.65. The average molecular weight is 327 g/mol. The Hall–Kier alpha value is -1.40. The smallest absolute Gasteiger partial charge is 0.331 e. The number of hydrogen-bond donors (Lipinski definition) is 2. The van der Waals surface area contributed by atoms with E-state index in [1.807, 2.05) is 6.07 Å². The number of carboxylic acids is 1. The van der Waals surface area contributed by atoms with Crippen molar-refractivity contribution in [2.75, 3.05) is 13.1 Å². The van der Waals surface area contributed by atoms with E-state index < -0.39 is 12.0 Å². The largest absolute Gasteiger partial charge is 0.479 e. The van der Waals surface area contributed by atoms with E-state index >= 15 is 0 Å². The van der Waals surface area contributed by atoms with Gasteiger partial charge in [0.25, 0.3) is 0 Å². The van der Waals surface area contributed by atoms with Crippen LogP contribution in [0.15, 0.2) is 28.7 Å². The number of benzene rings is 1. The van der Waals surface area contributed by atoms with Gasteiger partial charge in [-0.1, -0.05) is 28.1 Å². The minimum Gasteiger partial charge on any atom is -0.479 e. The van der Waals surface area contributed by atoms with E-state index in [0.717, 1.165) is 4.47 Å². The van der Waals surface area contributed by atoms with Crippen molar-refractivity contribution in [2.24, 2.45) is 11.7 Å². The molecule has 6 heteroatoms. The van der Waals surface area contributed by atoms with Crippen LogP contribution in [0.25, 0.3) is 0 Å². The number of halogens is 1. The molecule has 1 aliphatic rings. The van der Waals surface area contributed by atoms with Gasteiger partial charge in [-0.2, -0.15) is 0 Å². The molecule has 19 heavy (non-hydrogen) atoms. The van der Waals surface area contributed by atoms with Crippen LogP contribution in [-0.4, -0.2) is 35.0 Å². The van der Waals surface area contributed by atoms with Crippen molar-refractivity contribution in [2.45, 2.75) is 12.5 Å². The van der Waals surface area contributed by atoms with Crippen LogP contribution < -0.4 is 5.73 Å². The molecule has 1 fully saturated rings. The third kappa shape index (κ3) is 2.96. The summed E-state index contributed by atoms with van der Waals surface area (Å²) in [7, 11) is 0. The highest BCUT2D eigenvalue weighted by Gasteiger charge is 2.38. The van der Waals surface area contributed by atoms with Gasteiger partial charge in [-0.15, -0.1) is 0 Å². The molecule has 1 saturated heterocycles. The number of carbonyl (C=O) groups is 2. The van der Waals surface area contributed by atoms with Gasteiger partial charge in [0.15, 0.2) is 6.04 Å². The van der Waals surface area contributed by atoms with Gasteiger partial charge < -0.3 is 15.7 Å². The maximum atomic E-state index is 11.9. The summed E-state index contributed by atoms with van der Waals surface area (Å²) in [4.78, 5) is 24.8. The topological polar surface area (TPSA) is 83.6 Å². The van der Waals surface area contributed by atoms with Gasteiger partial charge in [0.2, 0.25) is 5.91 Å². The highest BCUT2D eigenvalue weighted by atomic mass is 79.9. The van der Waals surface area contributed by atoms with Crippen LogP contribution >= 0.6 is 15.9 Å². The van der Waals surface area contributed by atoms with Crippen LogP contribution in [0.3, 0.4) is 0 Å². The SMILES string of the molecule is NCC1CC(=O)N(C(C(=O)O)c2cccc(Br)c2)C1. The molecule has 0 spiro atoms. The zero-order valence-electron chi connectivity index (χ0n) is 10.3. The number of amides is 1. The third-order valence-electron chi connectivity index (χ3n) is 3.28. The molecule has 1 aliphatic heterocycles. The molecule has 2 unspecified atom stereocenters. The summed E-state index contributed by atoms with van der Waals surface area (Å²) in [6.07, 6.45) is 0.328. The van der Waals surface area contributed by atoms with E-state index in [4.69, 9.17) is 5.73 Å². The van der Waals surface area contributed by atoms with Crippen molar-refractivity contribution >= 4 is 27.8 Å². The Balaban J connectivity index is 2.31. The van der Waals surface area contributed by atoms with Gasteiger partial charge in [0, 0.05) is 17.4 Å². The van der Waals surface area contributed by atoms with E-state index in [0.29, 0.717) is 25.1 Å². The van der Waals surface area contributed by atoms with Gasteiger partial charge in [-0.05, 0) is 30.2 Å². The Morgan fingerprint density at radius 2 is 2.32 bits per heavy atom. The molecular formula is C13H15BrN2O3. The number of nitrogens with two attached hydrogens (primary N) is 1. The van der Waals surface area contributed by atoms with E-state index in [1.165, 1.54) is 4.90 Å². The van der Waals surface area contributed by atoms with E-state index in [-0.39, 0.29) is 11.8 Å². The predicted molar refractivity (Wildman–Crippen MR) is 73.4 cm³/mol. The predicted octanol–water partition coefficient (Wildman–Crippen LogP) is 1.38. The highest BCUT2D eigenvalue weighted by molar-refractivity contribution is 9.10. The quantitative estimate of drug-likeness (QED) is 0.875. The minimum absolute atomic E-state index is 0.0431. The normalized spacial score (nSPS) is 20.6. The summed E-state index contributed by atoms with van der Waals surface area (Å²) in [6.45, 7) is 0.797. The Morgan fingerprint density at radius 1 is 1.58 bits per heavy atom. The van der Waals surface area contributed by atoms with Crippen LogP contribution in [0.5, 0.6) is 0 Å². The first kappa shape index (κ1) is 14.0. The molecule has 1 aromatic rings. The fourth-order valence-electron chi connectivity index (χ4n) is 2.35. The summed E-state index contributed by atoms with van der Waals surface area (Å²) in [5.74, 6) is -1.13. The molecule has 2 rings (SSSR count). The lowest BCUT2D eigenvalue weighted by atomic mass is 10.1. The second kappa shape index (κ2) is 5.71. The highest BCUT2D eigenvalue weighted by Crippen LogP contribution is 2.29. The lowest BCUT2D eigenvalue weighted by Crippen LogP contribution is -2.35. The fourth-order valence-corrected chi connectivity index (χ4v) is 2.77. The molecule has 102 valence electrons. The molecule has 1 amide bonds. The Bertz CT molecular complexity index is 506. The van der Waals surface area contributed by atoms with E-state index in [9.17, 15) is 14.7 Å². The average Bonchev–Trinajstić information content (AvgIpc) is 2.71. The Morgan fingerprint density at radius 3 is 2.84 bits per heavy atom. The standard InChI is InChI=1S/C13H15BrN2O3/c14-10-3-1-2-9(5-10)12(13(18)19)16-7-8(6-15)4-11(16)17/h1-3,5,8,12H,4,6-7,15H2,(H,18,19). The Kier molecular flexibility index (Phi) is 4.21. The van der Waals surface area contributed by atoms with E-state index in [2.05, 4.69) is 15.9 Å². The van der Waals surface area contributed by atoms with Crippen molar-refractivity contribution < 1.29 is 14.7 Å². The van der Waals surface area contributed by atoms with Gasteiger partial charge in [-0.3, -0.25) is 4.79 Å². The van der Waals surface area contributed by atoms with Crippen molar-refractivity contribution in [3.05, 3.63) is 34.3 Å². The Labute approximate surface area is 119 Å². The van der Waals surface area contributed by atoms with Gasteiger partial charge >= 0.3 is 5.97 Å². The number of carbonyl (C=O) groups excluding carboxylic acids is 1. The van der Waals surface area contributed by atoms with Crippen LogP contribution in [0.1, 0.15) is 18.0 Å². The number of aliphatic carboxylic acids is 1. The molecule has 0 aromatic heterocycles. The zero-order chi connectivity index (χ0) is 14.0. The second-order valence-corrected chi connectivity index (χ2v) is 5.56. The maximum Gasteiger partial charge on any atom is 0.331 e. The van der Waals surface area contributed by atoms with Gasteiger partial charge in [-0.25, -0.2) is 4.79 Å². The molecule has 1 heterocycles. The summed E-state index contributed by atoms with van der Waals surface area (Å²) < 4.78 is 0.790. The molecular weight excluding hydrogens is 312 g/mol.